The minimum Gasteiger partial charge on any atom is -0.478 e. The number of hydrogen-bond donors (Lipinski definition) is 3. The van der Waals surface area contributed by atoms with Gasteiger partial charge in [-0.2, -0.15) is 13.2 Å². The summed E-state index contributed by atoms with van der Waals surface area (Å²) in [7, 11) is -2.86. The summed E-state index contributed by atoms with van der Waals surface area (Å²) >= 11 is 0. The van der Waals surface area contributed by atoms with Crippen LogP contribution in [0, 0.1) is 51.2 Å². The van der Waals surface area contributed by atoms with Crippen LogP contribution in [0.3, 0.4) is 0 Å². The first-order chi connectivity index (χ1) is 25.9. The zero-order valence-corrected chi connectivity index (χ0v) is 34.9. The van der Waals surface area contributed by atoms with Crippen molar-refractivity contribution < 1.29 is 41.4 Å². The second-order valence-corrected chi connectivity index (χ2v) is 21.8. The van der Waals surface area contributed by atoms with Gasteiger partial charge in [-0.25, -0.2) is 18.0 Å². The molecule has 56 heavy (non-hydrogen) atoms. The Morgan fingerprint density at radius 3 is 2.09 bits per heavy atom. The Kier molecular flexibility index (Phi) is 11.4. The molecule has 4 saturated carbocycles. The van der Waals surface area contributed by atoms with Crippen LogP contribution in [-0.4, -0.2) is 84.9 Å². The van der Waals surface area contributed by atoms with Crippen molar-refractivity contribution in [2.75, 3.05) is 37.7 Å². The van der Waals surface area contributed by atoms with Crippen LogP contribution < -0.4 is 5.32 Å². The number of rotatable bonds is 7. The predicted octanol–water partition coefficient (Wildman–Crippen LogP) is 8.74. The third kappa shape index (κ3) is 7.30. The highest BCUT2D eigenvalue weighted by Gasteiger charge is 2.70. The number of benzene rings is 1. The molecule has 6 aliphatic rings. The van der Waals surface area contributed by atoms with Crippen LogP contribution >= 0.6 is 0 Å². The topological polar surface area (TPSA) is 124 Å². The highest BCUT2D eigenvalue weighted by atomic mass is 32.2. The fourth-order valence-corrected chi connectivity index (χ4v) is 15.1. The largest absolute Gasteiger partial charge is 0.490 e. The van der Waals surface area contributed by atoms with E-state index in [1.807, 2.05) is 12.1 Å². The minimum absolute atomic E-state index is 0.0114. The molecule has 1 aliphatic heterocycles. The van der Waals surface area contributed by atoms with Gasteiger partial charge in [-0.05, 0) is 139 Å². The molecular formula is C44H63F3N2O6S. The number of carboxylic acid groups (broad SMARTS) is 2. The lowest BCUT2D eigenvalue weighted by Gasteiger charge is -2.72. The molecule has 12 heteroatoms. The van der Waals surface area contributed by atoms with E-state index in [0.29, 0.717) is 59.7 Å². The van der Waals surface area contributed by atoms with Gasteiger partial charge in [0.25, 0.3) is 0 Å². The average molecular weight is 805 g/mol. The molecule has 8 nitrogen and oxygen atoms in total. The molecular weight excluding hydrogens is 742 g/mol. The van der Waals surface area contributed by atoms with Gasteiger partial charge in [-0.3, -0.25) is 0 Å². The molecule has 0 aromatic heterocycles. The molecule has 3 N–H and O–H groups in total. The summed E-state index contributed by atoms with van der Waals surface area (Å²) in [5, 5.41) is 20.8. The number of nitrogens with one attached hydrogen (secondary N) is 1. The number of carbonyl (C=O) groups is 2. The van der Waals surface area contributed by atoms with Gasteiger partial charge in [-0.1, -0.05) is 65.0 Å². The van der Waals surface area contributed by atoms with Crippen molar-refractivity contribution in [2.24, 2.45) is 51.2 Å². The summed E-state index contributed by atoms with van der Waals surface area (Å²) in [6.07, 6.45) is 8.64. The summed E-state index contributed by atoms with van der Waals surface area (Å²) in [5.74, 6) is 0.0779. The second kappa shape index (κ2) is 14.8. The van der Waals surface area contributed by atoms with Crippen molar-refractivity contribution in [1.29, 1.82) is 0 Å². The summed E-state index contributed by atoms with van der Waals surface area (Å²) in [6, 6.07) is 7.58. The van der Waals surface area contributed by atoms with E-state index in [4.69, 9.17) is 9.90 Å². The molecule has 5 fully saturated rings. The normalized spacial score (nSPS) is 38.7. The predicted molar refractivity (Wildman–Crippen MR) is 213 cm³/mol. The lowest BCUT2D eigenvalue weighted by atomic mass is 9.33. The number of nitrogens with zero attached hydrogens (tertiary/aromatic N) is 1. The highest BCUT2D eigenvalue weighted by molar-refractivity contribution is 7.91. The standard InChI is InChI=1S/C42H62N2O4S.C2HF3O2/c1-28(2)31-14-19-42(43-22-23-44-24-26-49(47,48)27-25-44)21-20-40(6)33(36(31)42)12-13-35-39(5)17-15-32(29-8-10-30(11-9-29)37(45)46)38(3,4)34(39)16-18-41(35,40)7;3-2(4,5)1(6)7/h8-11,15,31,33-36,43H,1,12-14,16-27H2,2-7H3,(H,45,46);(H,6,7)/t31-,33+,34-,35+,36+,39-,40+,41+,42-;/m0./s1. The number of fused-ring (bicyclic) bond motifs is 7. The Balaban J connectivity index is 0.000000695. The van der Waals surface area contributed by atoms with Crippen LogP contribution in [0.2, 0.25) is 0 Å². The molecule has 5 aliphatic carbocycles. The number of aliphatic carboxylic acids is 1. The Morgan fingerprint density at radius 1 is 0.893 bits per heavy atom. The summed E-state index contributed by atoms with van der Waals surface area (Å²) in [4.78, 5) is 22.8. The number of aromatic carboxylic acids is 1. The second-order valence-electron chi connectivity index (χ2n) is 19.5. The van der Waals surface area contributed by atoms with Gasteiger partial charge in [0.1, 0.15) is 0 Å². The van der Waals surface area contributed by atoms with E-state index in [9.17, 15) is 31.5 Å². The van der Waals surface area contributed by atoms with Gasteiger partial charge in [0.05, 0.1) is 17.1 Å². The van der Waals surface area contributed by atoms with Gasteiger partial charge in [0.2, 0.25) is 0 Å². The van der Waals surface area contributed by atoms with Crippen LogP contribution in [0.1, 0.15) is 115 Å². The number of alkyl halides is 3. The Labute approximate surface area is 331 Å². The first-order valence-corrected chi connectivity index (χ1v) is 22.4. The van der Waals surface area contributed by atoms with Crippen LogP contribution in [0.25, 0.3) is 5.57 Å². The molecule has 0 unspecified atom stereocenters. The SMILES string of the molecule is C=C(C)[C@@H]1CC[C@]2(NCCN3CCS(=O)(=O)CC3)CC[C@]3(C)[C@H](CC[C@@H]4[C@@]5(C)CC=C(c6ccc(C(=O)O)cc6)C(C)(C)[C@@H]5CC[C@]43C)[C@@H]12.O=C(O)C(F)(F)F. The quantitative estimate of drug-likeness (QED) is 0.234. The summed E-state index contributed by atoms with van der Waals surface area (Å²) < 4.78 is 55.8. The van der Waals surface area contributed by atoms with Crippen molar-refractivity contribution in [3.05, 3.63) is 53.6 Å². The Hall–Kier alpha value is -2.70. The molecule has 1 aromatic rings. The van der Waals surface area contributed by atoms with Crippen LogP contribution in [0.4, 0.5) is 13.2 Å². The highest BCUT2D eigenvalue weighted by Crippen LogP contribution is 2.76. The zero-order valence-electron chi connectivity index (χ0n) is 34.1. The molecule has 9 atom stereocenters. The van der Waals surface area contributed by atoms with E-state index in [2.05, 4.69) is 64.4 Å². The molecule has 0 amide bonds. The van der Waals surface area contributed by atoms with Gasteiger partial charge >= 0.3 is 18.1 Å². The van der Waals surface area contributed by atoms with Crippen LogP contribution in [0.5, 0.6) is 0 Å². The molecule has 1 saturated heterocycles. The maximum atomic E-state index is 12.0. The lowest BCUT2D eigenvalue weighted by Crippen LogP contribution is -2.68. The lowest BCUT2D eigenvalue weighted by molar-refractivity contribution is -0.219. The van der Waals surface area contributed by atoms with Gasteiger partial charge in [0, 0.05) is 31.7 Å². The fraction of sp³-hybridized carbons (Fsp3) is 0.727. The fourth-order valence-electron chi connectivity index (χ4n) is 13.8. The van der Waals surface area contributed by atoms with Crippen molar-refractivity contribution in [2.45, 2.75) is 111 Å². The molecule has 0 spiro atoms. The van der Waals surface area contributed by atoms with E-state index >= 15 is 0 Å². The van der Waals surface area contributed by atoms with Crippen molar-refractivity contribution in [3.63, 3.8) is 0 Å². The Bertz CT molecular complexity index is 1830. The van der Waals surface area contributed by atoms with Crippen LogP contribution in [-0.2, 0) is 14.6 Å². The summed E-state index contributed by atoms with van der Waals surface area (Å²) in [6.45, 7) is 23.0. The average Bonchev–Trinajstić information content (AvgIpc) is 3.49. The maximum Gasteiger partial charge on any atom is 0.490 e. The Morgan fingerprint density at radius 2 is 1.52 bits per heavy atom. The molecule has 0 radical (unpaired) electrons. The van der Waals surface area contributed by atoms with Crippen molar-refractivity contribution in [1.82, 2.24) is 10.2 Å². The summed E-state index contributed by atoms with van der Waals surface area (Å²) in [5.41, 5.74) is 5.23. The monoisotopic (exact) mass is 804 g/mol. The zero-order chi connectivity index (χ0) is 41.3. The first kappa shape index (κ1) is 42.9. The first-order valence-electron chi connectivity index (χ1n) is 20.6. The number of sulfone groups is 1. The molecule has 0 bridgehead atoms. The molecule has 7 rings (SSSR count). The van der Waals surface area contributed by atoms with E-state index in [0.717, 1.165) is 19.5 Å². The third-order valence-corrected chi connectivity index (χ3v) is 18.3. The van der Waals surface area contributed by atoms with Crippen molar-refractivity contribution >= 4 is 27.3 Å². The number of halogens is 3. The third-order valence-electron chi connectivity index (χ3n) is 16.7. The van der Waals surface area contributed by atoms with Crippen molar-refractivity contribution in [3.8, 4) is 0 Å². The van der Waals surface area contributed by atoms with Gasteiger partial charge in [-0.15, -0.1) is 0 Å². The van der Waals surface area contributed by atoms with E-state index in [1.54, 1.807) is 12.1 Å². The minimum atomic E-state index is -5.08. The van der Waals surface area contributed by atoms with E-state index in [1.165, 1.54) is 68.1 Å². The maximum absolute atomic E-state index is 12.0. The molecule has 1 heterocycles. The number of allylic oxidation sites excluding steroid dienone is 3. The van der Waals surface area contributed by atoms with Gasteiger partial charge in [0.15, 0.2) is 9.84 Å². The van der Waals surface area contributed by atoms with Gasteiger partial charge < -0.3 is 20.4 Å². The smallest absolute Gasteiger partial charge is 0.478 e. The number of carboxylic acids is 2. The molecule has 1 aromatic carbocycles. The van der Waals surface area contributed by atoms with E-state index in [-0.39, 0.29) is 27.2 Å². The molecule has 312 valence electrons. The number of hydrogen-bond acceptors (Lipinski definition) is 6. The van der Waals surface area contributed by atoms with Crippen LogP contribution in [0.15, 0.2) is 42.5 Å². The van der Waals surface area contributed by atoms with E-state index < -0.39 is 28.0 Å².